The molecule has 0 radical (unpaired) electrons. The number of hydrogen-bond donors (Lipinski definition) is 1. The summed E-state index contributed by atoms with van der Waals surface area (Å²) < 4.78 is 0. The van der Waals surface area contributed by atoms with Crippen LogP contribution in [0.1, 0.15) is 44.7 Å². The normalized spacial score (nSPS) is 24.4. The molecule has 3 nitrogen and oxygen atoms in total. The molecule has 2 N–H and O–H groups in total. The first-order valence-electron chi connectivity index (χ1n) is 8.03. The molecule has 21 heavy (non-hydrogen) atoms. The highest BCUT2D eigenvalue weighted by molar-refractivity contribution is 5.79. The fourth-order valence-corrected chi connectivity index (χ4v) is 3.51. The lowest BCUT2D eigenvalue weighted by Crippen LogP contribution is -2.43. The third-order valence-corrected chi connectivity index (χ3v) is 4.60. The molecule has 1 aliphatic rings. The van der Waals surface area contributed by atoms with Crippen molar-refractivity contribution in [3.8, 4) is 0 Å². The first-order chi connectivity index (χ1) is 10.2. The van der Waals surface area contributed by atoms with E-state index in [-0.39, 0.29) is 6.04 Å². The number of nitrogens with zero attached hydrogens (tertiary/aromatic N) is 2. The Hall–Kier alpha value is -1.45. The molecule has 0 amide bonds. The van der Waals surface area contributed by atoms with Crippen LogP contribution in [-0.4, -0.2) is 28.5 Å². The van der Waals surface area contributed by atoms with Gasteiger partial charge in [-0.25, -0.2) is 0 Å². The molecule has 1 aromatic carbocycles. The Morgan fingerprint density at radius 1 is 1.24 bits per heavy atom. The molecule has 0 saturated carbocycles. The van der Waals surface area contributed by atoms with E-state index >= 15 is 0 Å². The van der Waals surface area contributed by atoms with Gasteiger partial charge >= 0.3 is 0 Å². The maximum atomic E-state index is 6.53. The van der Waals surface area contributed by atoms with E-state index in [2.05, 4.69) is 48.0 Å². The fraction of sp³-hybridized carbons (Fsp3) is 0.500. The zero-order chi connectivity index (χ0) is 14.8. The van der Waals surface area contributed by atoms with Gasteiger partial charge in [-0.05, 0) is 57.0 Å². The summed E-state index contributed by atoms with van der Waals surface area (Å²) in [6, 6.07) is 11.8. The molecule has 1 aliphatic heterocycles. The van der Waals surface area contributed by atoms with Gasteiger partial charge in [-0.2, -0.15) is 0 Å². The lowest BCUT2D eigenvalue weighted by Gasteiger charge is -2.36. The third kappa shape index (κ3) is 2.94. The van der Waals surface area contributed by atoms with Crippen molar-refractivity contribution in [2.24, 2.45) is 5.73 Å². The summed E-state index contributed by atoms with van der Waals surface area (Å²) in [7, 11) is 0. The van der Waals surface area contributed by atoms with Crippen molar-refractivity contribution in [2.45, 2.75) is 51.2 Å². The van der Waals surface area contributed by atoms with Crippen molar-refractivity contribution in [1.82, 2.24) is 9.88 Å². The lowest BCUT2D eigenvalue weighted by molar-refractivity contribution is 0.144. The molecular weight excluding hydrogens is 258 g/mol. The highest BCUT2D eigenvalue weighted by Gasteiger charge is 2.30. The van der Waals surface area contributed by atoms with Crippen LogP contribution >= 0.6 is 0 Å². The number of rotatable bonds is 2. The highest BCUT2D eigenvalue weighted by atomic mass is 15.2. The van der Waals surface area contributed by atoms with Crippen LogP contribution in [0.15, 0.2) is 36.5 Å². The number of fused-ring (bicyclic) bond motifs is 1. The number of nitrogens with two attached hydrogens (primary N) is 1. The van der Waals surface area contributed by atoms with Crippen LogP contribution in [0, 0.1) is 0 Å². The molecule has 1 saturated heterocycles. The van der Waals surface area contributed by atoms with Gasteiger partial charge in [0, 0.05) is 23.7 Å². The smallest absolute Gasteiger partial charge is 0.0702 e. The van der Waals surface area contributed by atoms with E-state index < -0.39 is 0 Å². The lowest BCUT2D eigenvalue weighted by atomic mass is 9.94. The molecule has 1 fully saturated rings. The summed E-state index contributed by atoms with van der Waals surface area (Å²) in [4.78, 5) is 6.98. The number of benzene rings is 1. The minimum absolute atomic E-state index is 0.212. The largest absolute Gasteiger partial charge is 0.326 e. The van der Waals surface area contributed by atoms with Crippen LogP contribution in [-0.2, 0) is 0 Å². The predicted molar refractivity (Wildman–Crippen MR) is 88.2 cm³/mol. The average molecular weight is 283 g/mol. The van der Waals surface area contributed by atoms with Gasteiger partial charge in [-0.15, -0.1) is 0 Å². The van der Waals surface area contributed by atoms with Crippen molar-refractivity contribution in [2.75, 3.05) is 6.54 Å². The third-order valence-electron chi connectivity index (χ3n) is 4.60. The van der Waals surface area contributed by atoms with Gasteiger partial charge in [-0.1, -0.05) is 18.6 Å². The Morgan fingerprint density at radius 3 is 2.90 bits per heavy atom. The number of hydrogen-bond acceptors (Lipinski definition) is 3. The van der Waals surface area contributed by atoms with E-state index in [0.29, 0.717) is 12.1 Å². The van der Waals surface area contributed by atoms with Gasteiger partial charge in [0.15, 0.2) is 0 Å². The van der Waals surface area contributed by atoms with E-state index in [1.807, 2.05) is 12.3 Å². The van der Waals surface area contributed by atoms with Gasteiger partial charge in [0.2, 0.25) is 0 Å². The van der Waals surface area contributed by atoms with Gasteiger partial charge in [0.25, 0.3) is 0 Å². The summed E-state index contributed by atoms with van der Waals surface area (Å²) in [5.74, 6) is 0. The molecule has 1 aromatic heterocycles. The van der Waals surface area contributed by atoms with Crippen molar-refractivity contribution in [3.05, 3.63) is 42.1 Å². The first kappa shape index (κ1) is 14.5. The maximum Gasteiger partial charge on any atom is 0.0702 e. The van der Waals surface area contributed by atoms with Crippen molar-refractivity contribution < 1.29 is 0 Å². The van der Waals surface area contributed by atoms with Crippen LogP contribution in [0.25, 0.3) is 10.9 Å². The van der Waals surface area contributed by atoms with Crippen LogP contribution in [0.2, 0.25) is 0 Å². The SMILES string of the molecule is CC(C)N1CCCCC(N)C1c1ccc2ncccc2c1. The maximum absolute atomic E-state index is 6.53. The van der Waals surface area contributed by atoms with E-state index in [1.165, 1.54) is 23.8 Å². The quantitative estimate of drug-likeness (QED) is 0.917. The van der Waals surface area contributed by atoms with Crippen molar-refractivity contribution in [1.29, 1.82) is 0 Å². The van der Waals surface area contributed by atoms with Crippen molar-refractivity contribution in [3.63, 3.8) is 0 Å². The minimum atomic E-state index is 0.212. The summed E-state index contributed by atoms with van der Waals surface area (Å²) >= 11 is 0. The van der Waals surface area contributed by atoms with Crippen LogP contribution in [0.5, 0.6) is 0 Å². The Labute approximate surface area is 127 Å². The topological polar surface area (TPSA) is 42.1 Å². The molecule has 2 heterocycles. The Bertz CT molecular complexity index is 608. The monoisotopic (exact) mass is 283 g/mol. The second-order valence-electron chi connectivity index (χ2n) is 6.39. The first-order valence-corrected chi connectivity index (χ1v) is 8.03. The zero-order valence-corrected chi connectivity index (χ0v) is 13.0. The average Bonchev–Trinajstić information content (AvgIpc) is 2.68. The zero-order valence-electron chi connectivity index (χ0n) is 13.0. The molecule has 2 unspecified atom stereocenters. The van der Waals surface area contributed by atoms with Crippen molar-refractivity contribution >= 4 is 10.9 Å². The van der Waals surface area contributed by atoms with Crippen LogP contribution in [0.3, 0.4) is 0 Å². The Balaban J connectivity index is 2.03. The molecule has 2 atom stereocenters. The predicted octanol–water partition coefficient (Wildman–Crippen LogP) is 3.50. The summed E-state index contributed by atoms with van der Waals surface area (Å²) in [6.07, 6.45) is 5.44. The van der Waals surface area contributed by atoms with E-state index in [4.69, 9.17) is 5.73 Å². The summed E-state index contributed by atoms with van der Waals surface area (Å²) in [5, 5.41) is 1.20. The van der Waals surface area contributed by atoms with E-state index in [0.717, 1.165) is 18.5 Å². The minimum Gasteiger partial charge on any atom is -0.326 e. The molecule has 2 aromatic rings. The molecule has 0 bridgehead atoms. The van der Waals surface area contributed by atoms with Crippen LogP contribution in [0.4, 0.5) is 0 Å². The molecule has 0 aliphatic carbocycles. The van der Waals surface area contributed by atoms with E-state index in [9.17, 15) is 0 Å². The Kier molecular flexibility index (Phi) is 4.22. The fourth-order valence-electron chi connectivity index (χ4n) is 3.51. The molecule has 0 spiro atoms. The second kappa shape index (κ2) is 6.12. The summed E-state index contributed by atoms with van der Waals surface area (Å²) in [5.41, 5.74) is 8.91. The number of likely N-dealkylation sites (tertiary alicyclic amines) is 1. The van der Waals surface area contributed by atoms with Crippen LogP contribution < -0.4 is 5.73 Å². The second-order valence-corrected chi connectivity index (χ2v) is 6.39. The molecule has 3 heteroatoms. The molecule has 112 valence electrons. The summed E-state index contributed by atoms with van der Waals surface area (Å²) in [6.45, 7) is 5.68. The van der Waals surface area contributed by atoms with Gasteiger partial charge in [-0.3, -0.25) is 9.88 Å². The Morgan fingerprint density at radius 2 is 2.10 bits per heavy atom. The van der Waals surface area contributed by atoms with E-state index in [1.54, 1.807) is 0 Å². The molecular formula is C18H25N3. The number of pyridine rings is 1. The standard InChI is InChI=1S/C18H25N3/c1-13(2)21-11-4-3-7-16(19)18(21)15-8-9-17-14(12-15)6-5-10-20-17/h5-6,8-10,12-13,16,18H,3-4,7,11,19H2,1-2H3. The highest BCUT2D eigenvalue weighted by Crippen LogP contribution is 2.32. The van der Waals surface area contributed by atoms with Gasteiger partial charge in [0.05, 0.1) is 11.6 Å². The van der Waals surface area contributed by atoms with Gasteiger partial charge < -0.3 is 5.73 Å². The van der Waals surface area contributed by atoms with Gasteiger partial charge in [0.1, 0.15) is 0 Å². The molecule has 3 rings (SSSR count). The number of aromatic nitrogens is 1.